The summed E-state index contributed by atoms with van der Waals surface area (Å²) in [5.74, 6) is 0.401. The highest BCUT2D eigenvalue weighted by molar-refractivity contribution is 5.79. The number of carbonyl (C=O) groups is 1. The SMILES string of the molecule is CC1CN2CCCC2CN1C(=O)Cc1cccc(O)c1. The fraction of sp³-hybridized carbons (Fsp3) is 0.562. The lowest BCUT2D eigenvalue weighted by atomic mass is 10.1. The van der Waals surface area contributed by atoms with E-state index in [0.29, 0.717) is 12.5 Å². The summed E-state index contributed by atoms with van der Waals surface area (Å²) < 4.78 is 0. The van der Waals surface area contributed by atoms with Crippen LogP contribution in [0.2, 0.25) is 0 Å². The zero-order valence-electron chi connectivity index (χ0n) is 12.0. The van der Waals surface area contributed by atoms with Gasteiger partial charge in [0.25, 0.3) is 0 Å². The van der Waals surface area contributed by atoms with Crippen LogP contribution in [0.25, 0.3) is 0 Å². The van der Waals surface area contributed by atoms with Crippen molar-refractivity contribution in [2.24, 2.45) is 0 Å². The molecule has 0 radical (unpaired) electrons. The van der Waals surface area contributed by atoms with E-state index in [1.807, 2.05) is 11.0 Å². The molecule has 2 aliphatic heterocycles. The van der Waals surface area contributed by atoms with Crippen molar-refractivity contribution in [1.82, 2.24) is 9.80 Å². The lowest BCUT2D eigenvalue weighted by Gasteiger charge is -2.42. The van der Waals surface area contributed by atoms with E-state index in [9.17, 15) is 9.90 Å². The molecule has 108 valence electrons. The number of phenolic OH excluding ortho intramolecular Hbond substituents is 1. The monoisotopic (exact) mass is 274 g/mol. The average molecular weight is 274 g/mol. The van der Waals surface area contributed by atoms with Crippen LogP contribution in [0.1, 0.15) is 25.3 Å². The summed E-state index contributed by atoms with van der Waals surface area (Å²) in [7, 11) is 0. The molecule has 20 heavy (non-hydrogen) atoms. The number of nitrogens with zero attached hydrogens (tertiary/aromatic N) is 2. The van der Waals surface area contributed by atoms with Crippen LogP contribution in [-0.4, -0.2) is 52.5 Å². The summed E-state index contributed by atoms with van der Waals surface area (Å²) in [6, 6.07) is 7.83. The number of rotatable bonds is 2. The lowest BCUT2D eigenvalue weighted by Crippen LogP contribution is -2.57. The highest BCUT2D eigenvalue weighted by atomic mass is 16.3. The second kappa shape index (κ2) is 5.44. The van der Waals surface area contributed by atoms with Crippen LogP contribution in [-0.2, 0) is 11.2 Å². The fourth-order valence-corrected chi connectivity index (χ4v) is 3.48. The molecule has 2 unspecified atom stereocenters. The Bertz CT molecular complexity index is 503. The predicted molar refractivity (Wildman–Crippen MR) is 77.6 cm³/mol. The van der Waals surface area contributed by atoms with Gasteiger partial charge in [-0.3, -0.25) is 9.69 Å². The van der Waals surface area contributed by atoms with E-state index in [2.05, 4.69) is 11.8 Å². The maximum atomic E-state index is 12.5. The molecule has 0 aromatic heterocycles. The molecule has 2 heterocycles. The zero-order chi connectivity index (χ0) is 14.1. The molecule has 0 saturated carbocycles. The molecule has 1 amide bonds. The van der Waals surface area contributed by atoms with Gasteiger partial charge in [0, 0.05) is 25.2 Å². The topological polar surface area (TPSA) is 43.8 Å². The van der Waals surface area contributed by atoms with Gasteiger partial charge in [-0.1, -0.05) is 12.1 Å². The molecule has 4 heteroatoms. The van der Waals surface area contributed by atoms with Crippen LogP contribution < -0.4 is 0 Å². The van der Waals surface area contributed by atoms with Crippen molar-refractivity contribution in [1.29, 1.82) is 0 Å². The third-order valence-corrected chi connectivity index (χ3v) is 4.52. The van der Waals surface area contributed by atoms with Crippen LogP contribution >= 0.6 is 0 Å². The summed E-state index contributed by atoms with van der Waals surface area (Å²) in [6.45, 7) is 5.17. The van der Waals surface area contributed by atoms with Crippen molar-refractivity contribution in [2.75, 3.05) is 19.6 Å². The molecule has 4 nitrogen and oxygen atoms in total. The normalized spacial score (nSPS) is 26.6. The summed E-state index contributed by atoms with van der Waals surface area (Å²) in [5, 5.41) is 9.48. The van der Waals surface area contributed by atoms with Gasteiger partial charge in [0.15, 0.2) is 0 Å². The van der Waals surface area contributed by atoms with Gasteiger partial charge in [-0.15, -0.1) is 0 Å². The van der Waals surface area contributed by atoms with Crippen LogP contribution in [0.4, 0.5) is 0 Å². The Kier molecular flexibility index (Phi) is 3.66. The van der Waals surface area contributed by atoms with Gasteiger partial charge in [-0.05, 0) is 44.0 Å². The summed E-state index contributed by atoms with van der Waals surface area (Å²) >= 11 is 0. The van der Waals surface area contributed by atoms with Gasteiger partial charge in [-0.2, -0.15) is 0 Å². The van der Waals surface area contributed by atoms with Crippen LogP contribution in [0, 0.1) is 0 Å². The van der Waals surface area contributed by atoms with Gasteiger partial charge in [-0.25, -0.2) is 0 Å². The van der Waals surface area contributed by atoms with Crippen LogP contribution in [0.15, 0.2) is 24.3 Å². The number of carbonyl (C=O) groups excluding carboxylic acids is 1. The van der Waals surface area contributed by atoms with Gasteiger partial charge < -0.3 is 10.0 Å². The average Bonchev–Trinajstić information content (AvgIpc) is 2.84. The van der Waals surface area contributed by atoms with E-state index in [1.165, 1.54) is 19.4 Å². The Labute approximate surface area is 120 Å². The van der Waals surface area contributed by atoms with Crippen molar-refractivity contribution in [3.05, 3.63) is 29.8 Å². The number of piperazine rings is 1. The number of amides is 1. The quantitative estimate of drug-likeness (QED) is 0.891. The third-order valence-electron chi connectivity index (χ3n) is 4.52. The highest BCUT2D eigenvalue weighted by Crippen LogP contribution is 2.25. The number of phenols is 1. The molecular weight excluding hydrogens is 252 g/mol. The molecule has 3 rings (SSSR count). The van der Waals surface area contributed by atoms with E-state index in [4.69, 9.17) is 0 Å². The van der Waals surface area contributed by atoms with Gasteiger partial charge in [0.2, 0.25) is 5.91 Å². The van der Waals surface area contributed by atoms with E-state index < -0.39 is 0 Å². The van der Waals surface area contributed by atoms with E-state index in [1.54, 1.807) is 18.2 Å². The third kappa shape index (κ3) is 2.66. The minimum absolute atomic E-state index is 0.176. The molecule has 2 aliphatic rings. The van der Waals surface area contributed by atoms with E-state index in [0.717, 1.165) is 18.7 Å². The summed E-state index contributed by atoms with van der Waals surface area (Å²) in [4.78, 5) is 17.0. The molecule has 1 N–H and O–H groups in total. The maximum Gasteiger partial charge on any atom is 0.227 e. The molecule has 2 fully saturated rings. The number of aromatic hydroxyl groups is 1. The first-order valence-electron chi connectivity index (χ1n) is 7.45. The van der Waals surface area contributed by atoms with Gasteiger partial charge in [0.1, 0.15) is 5.75 Å². The first kappa shape index (κ1) is 13.4. The lowest BCUT2D eigenvalue weighted by molar-refractivity contribution is -0.136. The molecule has 0 spiro atoms. The van der Waals surface area contributed by atoms with Crippen molar-refractivity contribution < 1.29 is 9.90 Å². The van der Waals surface area contributed by atoms with E-state index >= 15 is 0 Å². The second-order valence-electron chi connectivity index (χ2n) is 6.03. The number of benzene rings is 1. The number of hydrogen-bond acceptors (Lipinski definition) is 3. The fourth-order valence-electron chi connectivity index (χ4n) is 3.48. The number of fused-ring (bicyclic) bond motifs is 1. The molecular formula is C16H22N2O2. The zero-order valence-corrected chi connectivity index (χ0v) is 12.0. The van der Waals surface area contributed by atoms with Gasteiger partial charge in [0.05, 0.1) is 6.42 Å². The standard InChI is InChI=1S/C16H22N2O2/c1-12-10-17-7-3-5-14(17)11-18(12)16(20)9-13-4-2-6-15(19)8-13/h2,4,6,8,12,14,19H,3,5,7,9-11H2,1H3. The van der Waals surface area contributed by atoms with E-state index in [-0.39, 0.29) is 17.7 Å². The molecule has 2 atom stereocenters. The Morgan fingerprint density at radius 2 is 2.25 bits per heavy atom. The van der Waals surface area contributed by atoms with Crippen molar-refractivity contribution in [3.8, 4) is 5.75 Å². The predicted octanol–water partition coefficient (Wildman–Crippen LogP) is 1.63. The Morgan fingerprint density at radius 3 is 3.05 bits per heavy atom. The van der Waals surface area contributed by atoms with Crippen molar-refractivity contribution in [2.45, 2.75) is 38.3 Å². The second-order valence-corrected chi connectivity index (χ2v) is 6.03. The first-order chi connectivity index (χ1) is 9.63. The first-order valence-corrected chi connectivity index (χ1v) is 7.45. The highest BCUT2D eigenvalue weighted by Gasteiger charge is 2.36. The van der Waals surface area contributed by atoms with Gasteiger partial charge >= 0.3 is 0 Å². The minimum Gasteiger partial charge on any atom is -0.508 e. The van der Waals surface area contributed by atoms with Crippen LogP contribution in [0.3, 0.4) is 0 Å². The largest absolute Gasteiger partial charge is 0.508 e. The maximum absolute atomic E-state index is 12.5. The molecule has 0 bridgehead atoms. The number of hydrogen-bond donors (Lipinski definition) is 1. The Hall–Kier alpha value is -1.55. The summed E-state index contributed by atoms with van der Waals surface area (Å²) in [5.41, 5.74) is 0.885. The minimum atomic E-state index is 0.176. The Balaban J connectivity index is 1.67. The molecule has 0 aliphatic carbocycles. The Morgan fingerprint density at radius 1 is 1.40 bits per heavy atom. The van der Waals surface area contributed by atoms with Crippen molar-refractivity contribution >= 4 is 5.91 Å². The molecule has 2 saturated heterocycles. The van der Waals surface area contributed by atoms with Crippen LogP contribution in [0.5, 0.6) is 5.75 Å². The smallest absolute Gasteiger partial charge is 0.227 e. The summed E-state index contributed by atoms with van der Waals surface area (Å²) in [6.07, 6.45) is 2.85. The molecule has 1 aromatic carbocycles. The van der Waals surface area contributed by atoms with Crippen molar-refractivity contribution in [3.63, 3.8) is 0 Å². The molecule has 1 aromatic rings.